The zero-order chi connectivity index (χ0) is 14.9. The first-order chi connectivity index (χ1) is 9.33. The van der Waals surface area contributed by atoms with Gasteiger partial charge in [-0.05, 0) is 36.2 Å². The Morgan fingerprint density at radius 3 is 2.75 bits per heavy atom. The highest BCUT2D eigenvalue weighted by Gasteiger charge is 2.32. The molecule has 0 bridgehead atoms. The molecule has 0 amide bonds. The molecule has 20 heavy (non-hydrogen) atoms. The minimum Gasteiger partial charge on any atom is -0.490 e. The minimum absolute atomic E-state index is 0.0271. The van der Waals surface area contributed by atoms with Crippen LogP contribution in [0.3, 0.4) is 0 Å². The van der Waals surface area contributed by atoms with Gasteiger partial charge in [-0.2, -0.15) is 0 Å². The number of hydrogen-bond donors (Lipinski definition) is 1. The van der Waals surface area contributed by atoms with Gasteiger partial charge in [0.25, 0.3) is 0 Å². The van der Waals surface area contributed by atoms with Gasteiger partial charge in [-0.15, -0.1) is 0 Å². The number of ether oxygens (including phenoxy) is 2. The van der Waals surface area contributed by atoms with Crippen molar-refractivity contribution in [3.05, 3.63) is 21.9 Å². The number of carboxylic acid groups (broad SMARTS) is 1. The number of aliphatic carboxylic acids is 1. The van der Waals surface area contributed by atoms with E-state index in [2.05, 4.69) is 15.9 Å². The Hall–Kier alpha value is -1.30. The summed E-state index contributed by atoms with van der Waals surface area (Å²) in [5.41, 5.74) is -0.853. The van der Waals surface area contributed by atoms with Gasteiger partial charge in [0.05, 0.1) is 23.1 Å². The summed E-state index contributed by atoms with van der Waals surface area (Å²) < 4.78 is 25.7. The molecule has 0 radical (unpaired) electrons. The molecule has 0 spiro atoms. The third-order valence-electron chi connectivity index (χ3n) is 3.22. The van der Waals surface area contributed by atoms with Crippen LogP contribution in [0.25, 0.3) is 0 Å². The predicted octanol–water partition coefficient (Wildman–Crippen LogP) is 3.40. The van der Waals surface area contributed by atoms with E-state index in [0.717, 1.165) is 0 Å². The maximum atomic E-state index is 14.3. The van der Waals surface area contributed by atoms with E-state index in [1.165, 1.54) is 6.07 Å². The molecule has 0 fully saturated rings. The fourth-order valence-corrected chi connectivity index (χ4v) is 2.44. The van der Waals surface area contributed by atoms with Crippen LogP contribution in [0.15, 0.2) is 10.5 Å². The Labute approximate surface area is 125 Å². The second kappa shape index (κ2) is 5.60. The van der Waals surface area contributed by atoms with Crippen molar-refractivity contribution in [2.24, 2.45) is 5.41 Å². The van der Waals surface area contributed by atoms with Gasteiger partial charge in [0, 0.05) is 18.1 Å². The van der Waals surface area contributed by atoms with Crippen LogP contribution in [-0.2, 0) is 11.2 Å². The number of fused-ring (bicyclic) bond motifs is 1. The highest BCUT2D eigenvalue weighted by atomic mass is 79.9. The van der Waals surface area contributed by atoms with Crippen molar-refractivity contribution in [2.75, 3.05) is 13.2 Å². The molecule has 1 N–H and O–H groups in total. The molecule has 1 aromatic carbocycles. The van der Waals surface area contributed by atoms with Crippen molar-refractivity contribution in [1.82, 2.24) is 0 Å². The summed E-state index contributed by atoms with van der Waals surface area (Å²) in [6.45, 7) is 4.03. The first kappa shape index (κ1) is 15.1. The smallest absolute Gasteiger partial charge is 0.309 e. The van der Waals surface area contributed by atoms with Crippen molar-refractivity contribution in [3.63, 3.8) is 0 Å². The van der Waals surface area contributed by atoms with Crippen molar-refractivity contribution in [1.29, 1.82) is 0 Å². The van der Waals surface area contributed by atoms with E-state index in [1.54, 1.807) is 13.8 Å². The van der Waals surface area contributed by atoms with E-state index in [-0.39, 0.29) is 16.5 Å². The van der Waals surface area contributed by atoms with Crippen LogP contribution >= 0.6 is 15.9 Å². The summed E-state index contributed by atoms with van der Waals surface area (Å²) in [5, 5.41) is 9.22. The van der Waals surface area contributed by atoms with Crippen LogP contribution in [0.2, 0.25) is 0 Å². The molecule has 2 rings (SSSR count). The van der Waals surface area contributed by atoms with Crippen molar-refractivity contribution in [3.8, 4) is 11.5 Å². The lowest BCUT2D eigenvalue weighted by Crippen LogP contribution is -2.27. The van der Waals surface area contributed by atoms with Crippen molar-refractivity contribution < 1.29 is 23.8 Å². The monoisotopic (exact) mass is 346 g/mol. The largest absolute Gasteiger partial charge is 0.490 e. The van der Waals surface area contributed by atoms with Gasteiger partial charge in [-0.3, -0.25) is 4.79 Å². The molecular formula is C14H16BrFO4. The molecule has 0 aromatic heterocycles. The molecule has 1 heterocycles. The Morgan fingerprint density at radius 1 is 1.45 bits per heavy atom. The van der Waals surface area contributed by atoms with E-state index >= 15 is 0 Å². The second-order valence-electron chi connectivity index (χ2n) is 5.39. The van der Waals surface area contributed by atoms with E-state index in [0.29, 0.717) is 31.1 Å². The number of carbonyl (C=O) groups is 1. The normalized spacial score (nSPS) is 14.8. The Morgan fingerprint density at radius 2 is 2.10 bits per heavy atom. The zero-order valence-electron chi connectivity index (χ0n) is 11.3. The topological polar surface area (TPSA) is 55.8 Å². The summed E-state index contributed by atoms with van der Waals surface area (Å²) in [5.74, 6) is -0.715. The molecule has 0 saturated heterocycles. The van der Waals surface area contributed by atoms with Gasteiger partial charge in [0.1, 0.15) is 5.82 Å². The molecule has 1 aliphatic heterocycles. The third kappa shape index (κ3) is 2.90. The average molecular weight is 347 g/mol. The summed E-state index contributed by atoms with van der Waals surface area (Å²) >= 11 is 3.14. The fraction of sp³-hybridized carbons (Fsp3) is 0.500. The molecule has 0 saturated carbocycles. The highest BCUT2D eigenvalue weighted by molar-refractivity contribution is 9.10. The second-order valence-corrected chi connectivity index (χ2v) is 6.25. The first-order valence-corrected chi connectivity index (χ1v) is 7.12. The first-order valence-electron chi connectivity index (χ1n) is 6.33. The van der Waals surface area contributed by atoms with Crippen LogP contribution in [0.5, 0.6) is 11.5 Å². The standard InChI is InChI=1S/C14H16BrFO4/c1-14(2,13(17)18)7-8-11(16)9(15)6-10-12(8)20-5-3-4-19-10/h6H,3-5,7H2,1-2H3,(H,17,18). The quantitative estimate of drug-likeness (QED) is 0.911. The fourth-order valence-electron chi connectivity index (χ4n) is 1.99. The maximum Gasteiger partial charge on any atom is 0.309 e. The van der Waals surface area contributed by atoms with Gasteiger partial charge >= 0.3 is 5.97 Å². The average Bonchev–Trinajstić information content (AvgIpc) is 2.59. The van der Waals surface area contributed by atoms with E-state index in [1.807, 2.05) is 0 Å². The molecule has 6 heteroatoms. The van der Waals surface area contributed by atoms with Gasteiger partial charge < -0.3 is 14.6 Å². The Kier molecular flexibility index (Phi) is 4.22. The van der Waals surface area contributed by atoms with Crippen LogP contribution in [0.4, 0.5) is 4.39 Å². The van der Waals surface area contributed by atoms with Gasteiger partial charge in [0.15, 0.2) is 11.5 Å². The van der Waals surface area contributed by atoms with Crippen molar-refractivity contribution in [2.45, 2.75) is 26.7 Å². The Balaban J connectivity index is 2.50. The van der Waals surface area contributed by atoms with E-state index in [4.69, 9.17) is 9.47 Å². The van der Waals surface area contributed by atoms with E-state index in [9.17, 15) is 14.3 Å². The molecule has 1 aliphatic rings. The van der Waals surface area contributed by atoms with Crippen molar-refractivity contribution >= 4 is 21.9 Å². The molecule has 4 nitrogen and oxygen atoms in total. The molecule has 1 aromatic rings. The number of rotatable bonds is 3. The lowest BCUT2D eigenvalue weighted by Gasteiger charge is -2.22. The number of carboxylic acids is 1. The van der Waals surface area contributed by atoms with Gasteiger partial charge in [0.2, 0.25) is 0 Å². The van der Waals surface area contributed by atoms with Crippen LogP contribution in [0, 0.1) is 11.2 Å². The SMILES string of the molecule is CC(C)(Cc1c(F)c(Br)cc2c1OCCCO2)C(=O)O. The molecule has 0 aliphatic carbocycles. The summed E-state index contributed by atoms with van der Waals surface area (Å²) in [6.07, 6.45) is 0.731. The lowest BCUT2D eigenvalue weighted by molar-refractivity contribution is -0.146. The maximum absolute atomic E-state index is 14.3. The number of halogens is 2. The van der Waals surface area contributed by atoms with Crippen LogP contribution in [-0.4, -0.2) is 24.3 Å². The summed E-state index contributed by atoms with van der Waals surface area (Å²) in [4.78, 5) is 11.3. The van der Waals surface area contributed by atoms with Gasteiger partial charge in [-0.25, -0.2) is 4.39 Å². The molecule has 0 atom stereocenters. The third-order valence-corrected chi connectivity index (χ3v) is 3.80. The molecule has 110 valence electrons. The lowest BCUT2D eigenvalue weighted by atomic mass is 9.85. The minimum atomic E-state index is -1.09. The highest BCUT2D eigenvalue weighted by Crippen LogP contribution is 2.41. The molecular weight excluding hydrogens is 331 g/mol. The number of hydrogen-bond acceptors (Lipinski definition) is 3. The van der Waals surface area contributed by atoms with E-state index < -0.39 is 17.2 Å². The zero-order valence-corrected chi connectivity index (χ0v) is 12.9. The Bertz CT molecular complexity index is 542. The molecule has 0 unspecified atom stereocenters. The predicted molar refractivity (Wildman–Crippen MR) is 74.8 cm³/mol. The number of benzene rings is 1. The summed E-state index contributed by atoms with van der Waals surface area (Å²) in [6, 6.07) is 1.52. The summed E-state index contributed by atoms with van der Waals surface area (Å²) in [7, 11) is 0. The van der Waals surface area contributed by atoms with Gasteiger partial charge in [-0.1, -0.05) is 0 Å². The van der Waals surface area contributed by atoms with Crippen LogP contribution < -0.4 is 9.47 Å². The van der Waals surface area contributed by atoms with Crippen LogP contribution in [0.1, 0.15) is 25.8 Å².